The predicted octanol–water partition coefficient (Wildman–Crippen LogP) is 0.412. The van der Waals surface area contributed by atoms with Crippen LogP contribution >= 0.6 is 0 Å². The molecule has 0 aromatic heterocycles. The van der Waals surface area contributed by atoms with Crippen molar-refractivity contribution in [3.8, 4) is 0 Å². The Bertz CT molecular complexity index is 704. The molecule has 1 aromatic rings. The van der Waals surface area contributed by atoms with E-state index >= 15 is 0 Å². The Morgan fingerprint density at radius 3 is 2.18 bits per heavy atom. The number of methoxy groups -OCH3 is 1. The molecule has 28 heavy (non-hydrogen) atoms. The number of ether oxygens (including phenoxy) is 1. The van der Waals surface area contributed by atoms with Crippen molar-refractivity contribution in [3.05, 3.63) is 35.4 Å². The van der Waals surface area contributed by atoms with Crippen molar-refractivity contribution in [2.45, 2.75) is 51.2 Å². The lowest BCUT2D eigenvalue weighted by Crippen LogP contribution is -2.52. The summed E-state index contributed by atoms with van der Waals surface area (Å²) in [7, 11) is 1.26. The molecule has 2 unspecified atom stereocenters. The van der Waals surface area contributed by atoms with E-state index in [9.17, 15) is 19.2 Å². The average Bonchev–Trinajstić information content (AvgIpc) is 2.65. The summed E-state index contributed by atoms with van der Waals surface area (Å²) in [5.41, 5.74) is 7.27. The Hall–Kier alpha value is -2.94. The number of amides is 2. The minimum Gasteiger partial charge on any atom is -0.481 e. The molecule has 1 rings (SSSR count). The van der Waals surface area contributed by atoms with Crippen LogP contribution in [0.15, 0.2) is 24.3 Å². The highest BCUT2D eigenvalue weighted by Gasteiger charge is 2.26. The summed E-state index contributed by atoms with van der Waals surface area (Å²) in [6.45, 7) is 3.61. The fourth-order valence-electron chi connectivity index (χ4n) is 2.49. The zero-order valence-corrected chi connectivity index (χ0v) is 16.2. The molecular weight excluding hydrogens is 366 g/mol. The molecule has 0 radical (unpaired) electrons. The van der Waals surface area contributed by atoms with Crippen LogP contribution in [0.3, 0.4) is 0 Å². The van der Waals surface area contributed by atoms with Crippen LogP contribution in [0.25, 0.3) is 0 Å². The van der Waals surface area contributed by atoms with Gasteiger partial charge >= 0.3 is 11.9 Å². The van der Waals surface area contributed by atoms with Gasteiger partial charge in [-0.15, -0.1) is 0 Å². The number of hydrogen-bond acceptors (Lipinski definition) is 6. The Kier molecular flexibility index (Phi) is 9.10. The van der Waals surface area contributed by atoms with Gasteiger partial charge in [-0.3, -0.25) is 19.2 Å². The summed E-state index contributed by atoms with van der Waals surface area (Å²) in [5.74, 6) is -2.94. The van der Waals surface area contributed by atoms with Crippen LogP contribution in [0.5, 0.6) is 0 Å². The van der Waals surface area contributed by atoms with E-state index in [4.69, 9.17) is 15.6 Å². The first-order valence-electron chi connectivity index (χ1n) is 8.89. The summed E-state index contributed by atoms with van der Waals surface area (Å²) in [4.78, 5) is 47.1. The van der Waals surface area contributed by atoms with Gasteiger partial charge in [0.05, 0.1) is 32.0 Å². The highest BCUT2D eigenvalue weighted by molar-refractivity contribution is 5.91. The molecule has 0 spiro atoms. The maximum Gasteiger partial charge on any atom is 0.307 e. The minimum absolute atomic E-state index is 0.0752. The number of nitrogens with one attached hydrogen (secondary N) is 2. The second-order valence-corrected chi connectivity index (χ2v) is 6.43. The van der Waals surface area contributed by atoms with Crippen LogP contribution in [0.1, 0.15) is 43.4 Å². The molecule has 0 bridgehead atoms. The lowest BCUT2D eigenvalue weighted by Gasteiger charge is -2.23. The van der Waals surface area contributed by atoms with Crippen LogP contribution in [-0.2, 0) is 23.9 Å². The van der Waals surface area contributed by atoms with Crippen LogP contribution < -0.4 is 16.4 Å². The van der Waals surface area contributed by atoms with Gasteiger partial charge in [0, 0.05) is 0 Å². The standard InChI is InChI=1S/C19H27N3O6/c1-4-14(21-18(26)13(20)9-16(23)24)19(27)22-15(10-17(25)28-3)12-7-5-11(2)6-8-12/h5-8,13-15H,4,9-10,20H2,1-3H3,(H,21,26)(H,22,27)(H,23,24)/t13-,14?,15?/m0/s1. The van der Waals surface area contributed by atoms with E-state index in [-0.39, 0.29) is 12.8 Å². The number of esters is 1. The molecule has 9 nitrogen and oxygen atoms in total. The number of nitrogens with two attached hydrogens (primary N) is 1. The molecule has 2 amide bonds. The number of hydrogen-bond donors (Lipinski definition) is 4. The van der Waals surface area contributed by atoms with Gasteiger partial charge in [0.2, 0.25) is 11.8 Å². The Labute approximate surface area is 163 Å². The Balaban J connectivity index is 2.88. The molecular formula is C19H27N3O6. The topological polar surface area (TPSA) is 148 Å². The van der Waals surface area contributed by atoms with Crippen LogP contribution in [0.4, 0.5) is 0 Å². The third-order valence-electron chi connectivity index (χ3n) is 4.17. The van der Waals surface area contributed by atoms with Gasteiger partial charge in [0.1, 0.15) is 6.04 Å². The van der Waals surface area contributed by atoms with Crippen molar-refractivity contribution >= 4 is 23.8 Å². The van der Waals surface area contributed by atoms with E-state index in [2.05, 4.69) is 10.6 Å². The van der Waals surface area contributed by atoms with Crippen LogP contribution in [0.2, 0.25) is 0 Å². The van der Waals surface area contributed by atoms with Gasteiger partial charge in [-0.25, -0.2) is 0 Å². The molecule has 0 fully saturated rings. The molecule has 1 aromatic carbocycles. The molecule has 5 N–H and O–H groups in total. The second-order valence-electron chi connectivity index (χ2n) is 6.43. The fourth-order valence-corrected chi connectivity index (χ4v) is 2.49. The molecule has 0 aliphatic carbocycles. The summed E-state index contributed by atoms with van der Waals surface area (Å²) in [5, 5.41) is 13.9. The quantitative estimate of drug-likeness (QED) is 0.421. The highest BCUT2D eigenvalue weighted by atomic mass is 16.5. The lowest BCUT2D eigenvalue weighted by atomic mass is 10.0. The summed E-state index contributed by atoms with van der Waals surface area (Å²) >= 11 is 0. The van der Waals surface area contributed by atoms with Crippen molar-refractivity contribution in [2.75, 3.05) is 7.11 Å². The number of carboxylic acids is 1. The van der Waals surface area contributed by atoms with Crippen LogP contribution in [0, 0.1) is 6.92 Å². The monoisotopic (exact) mass is 393 g/mol. The Morgan fingerprint density at radius 1 is 1.07 bits per heavy atom. The second kappa shape index (κ2) is 11.0. The molecule has 0 aliphatic heterocycles. The van der Waals surface area contributed by atoms with Crippen molar-refractivity contribution < 1.29 is 29.0 Å². The molecule has 0 heterocycles. The SMILES string of the molecule is CCC(NC(=O)[C@@H](N)CC(=O)O)C(=O)NC(CC(=O)OC)c1ccc(C)cc1. The summed E-state index contributed by atoms with van der Waals surface area (Å²) in [6, 6.07) is 4.49. The molecule has 9 heteroatoms. The third kappa shape index (κ3) is 7.36. The minimum atomic E-state index is -1.26. The van der Waals surface area contributed by atoms with E-state index in [1.807, 2.05) is 19.1 Å². The van der Waals surface area contributed by atoms with Gasteiger partial charge < -0.3 is 26.2 Å². The summed E-state index contributed by atoms with van der Waals surface area (Å²) < 4.78 is 4.70. The first-order chi connectivity index (χ1) is 13.2. The average molecular weight is 393 g/mol. The molecule has 0 aliphatic rings. The first-order valence-corrected chi connectivity index (χ1v) is 8.89. The summed E-state index contributed by atoms with van der Waals surface area (Å²) in [6.07, 6.45) is -0.358. The molecule has 154 valence electrons. The van der Waals surface area contributed by atoms with Crippen molar-refractivity contribution in [2.24, 2.45) is 5.73 Å². The number of aryl methyl sites for hydroxylation is 1. The van der Waals surface area contributed by atoms with Gasteiger partial charge in [0.15, 0.2) is 0 Å². The van der Waals surface area contributed by atoms with E-state index in [0.29, 0.717) is 5.56 Å². The fraction of sp³-hybridized carbons (Fsp3) is 0.474. The van der Waals surface area contributed by atoms with Gasteiger partial charge in [-0.1, -0.05) is 36.8 Å². The van der Waals surface area contributed by atoms with E-state index in [0.717, 1.165) is 5.56 Å². The Morgan fingerprint density at radius 2 is 1.68 bits per heavy atom. The van der Waals surface area contributed by atoms with E-state index in [1.54, 1.807) is 19.1 Å². The number of aliphatic carboxylic acids is 1. The maximum absolute atomic E-state index is 12.6. The van der Waals surface area contributed by atoms with Gasteiger partial charge in [-0.2, -0.15) is 0 Å². The normalized spacial score (nSPS) is 13.7. The third-order valence-corrected chi connectivity index (χ3v) is 4.17. The number of carbonyl (C=O) groups is 4. The largest absolute Gasteiger partial charge is 0.481 e. The number of rotatable bonds is 10. The first kappa shape index (κ1) is 23.1. The van der Waals surface area contributed by atoms with E-state index < -0.39 is 48.3 Å². The van der Waals surface area contributed by atoms with Crippen molar-refractivity contribution in [3.63, 3.8) is 0 Å². The van der Waals surface area contributed by atoms with Crippen molar-refractivity contribution in [1.29, 1.82) is 0 Å². The molecule has 3 atom stereocenters. The van der Waals surface area contributed by atoms with Crippen LogP contribution in [-0.4, -0.2) is 48.1 Å². The number of benzene rings is 1. The number of carbonyl (C=O) groups excluding carboxylic acids is 3. The zero-order valence-electron chi connectivity index (χ0n) is 16.2. The smallest absolute Gasteiger partial charge is 0.307 e. The van der Waals surface area contributed by atoms with Gasteiger partial charge in [-0.05, 0) is 18.9 Å². The van der Waals surface area contributed by atoms with Crippen molar-refractivity contribution in [1.82, 2.24) is 10.6 Å². The number of carboxylic acid groups (broad SMARTS) is 1. The molecule has 0 saturated heterocycles. The maximum atomic E-state index is 12.6. The van der Waals surface area contributed by atoms with Gasteiger partial charge in [0.25, 0.3) is 0 Å². The zero-order chi connectivity index (χ0) is 21.3. The molecule has 0 saturated carbocycles. The highest BCUT2D eigenvalue weighted by Crippen LogP contribution is 2.18. The van der Waals surface area contributed by atoms with E-state index in [1.165, 1.54) is 7.11 Å². The lowest BCUT2D eigenvalue weighted by molar-refractivity contribution is -0.141. The predicted molar refractivity (Wildman–Crippen MR) is 101 cm³/mol.